The molecule has 1 rings (SSSR count). The highest BCUT2D eigenvalue weighted by Gasteiger charge is 2.00. The van der Waals surface area contributed by atoms with Crippen molar-refractivity contribution in [1.82, 2.24) is 9.88 Å². The Morgan fingerprint density at radius 2 is 2.14 bits per heavy atom. The molecule has 0 spiro atoms. The molecule has 1 heterocycles. The zero-order valence-electron chi connectivity index (χ0n) is 8.22. The van der Waals surface area contributed by atoms with Gasteiger partial charge < -0.3 is 16.5 Å². The zero-order valence-corrected chi connectivity index (χ0v) is 8.22. The molecule has 76 valence electrons. The predicted molar refractivity (Wildman–Crippen MR) is 56.4 cm³/mol. The van der Waals surface area contributed by atoms with Gasteiger partial charge in [0.1, 0.15) is 0 Å². The fourth-order valence-corrected chi connectivity index (χ4v) is 1.06. The van der Waals surface area contributed by atoms with Gasteiger partial charge in [-0.3, -0.25) is 4.98 Å². The topological polar surface area (TPSA) is 80.5 Å². The van der Waals surface area contributed by atoms with Crippen LogP contribution in [0.4, 0.5) is 0 Å². The quantitative estimate of drug-likeness (QED) is 0.300. The standard InChI is InChI=1S/C9H15N5/c1-14(9(10)13-11)7-4-8-2-5-12-6-3-8/h2-3,5-6H,4,7,11H2,1H3,(H2,10,13). The molecule has 0 aliphatic carbocycles. The van der Waals surface area contributed by atoms with Crippen molar-refractivity contribution in [3.05, 3.63) is 30.1 Å². The van der Waals surface area contributed by atoms with Gasteiger partial charge in [-0.1, -0.05) is 0 Å². The first kappa shape index (κ1) is 10.3. The van der Waals surface area contributed by atoms with Crippen LogP contribution in [0.15, 0.2) is 29.6 Å². The van der Waals surface area contributed by atoms with Gasteiger partial charge in [0.05, 0.1) is 0 Å². The minimum atomic E-state index is 0.346. The second-order valence-corrected chi connectivity index (χ2v) is 3.01. The fourth-order valence-electron chi connectivity index (χ4n) is 1.06. The van der Waals surface area contributed by atoms with Crippen LogP contribution >= 0.6 is 0 Å². The van der Waals surface area contributed by atoms with E-state index in [1.165, 1.54) is 5.56 Å². The van der Waals surface area contributed by atoms with Crippen molar-refractivity contribution >= 4 is 5.96 Å². The Bertz CT molecular complexity index is 295. The van der Waals surface area contributed by atoms with Gasteiger partial charge in [0.15, 0.2) is 0 Å². The van der Waals surface area contributed by atoms with Gasteiger partial charge in [0.25, 0.3) is 0 Å². The Labute approximate surface area is 83.4 Å². The molecule has 0 atom stereocenters. The number of rotatable bonds is 3. The first-order valence-corrected chi connectivity index (χ1v) is 4.37. The van der Waals surface area contributed by atoms with Crippen LogP contribution in [0.3, 0.4) is 0 Å². The Balaban J connectivity index is 2.42. The van der Waals surface area contributed by atoms with E-state index in [2.05, 4.69) is 10.1 Å². The van der Waals surface area contributed by atoms with Gasteiger partial charge in [-0.15, -0.1) is 5.10 Å². The number of hydrazone groups is 1. The summed E-state index contributed by atoms with van der Waals surface area (Å²) >= 11 is 0. The molecule has 0 amide bonds. The zero-order chi connectivity index (χ0) is 10.4. The lowest BCUT2D eigenvalue weighted by Gasteiger charge is -2.16. The van der Waals surface area contributed by atoms with Crippen LogP contribution in [0.5, 0.6) is 0 Å². The molecule has 0 bridgehead atoms. The molecule has 0 fully saturated rings. The largest absolute Gasteiger partial charge is 0.368 e. The van der Waals surface area contributed by atoms with E-state index < -0.39 is 0 Å². The van der Waals surface area contributed by atoms with Gasteiger partial charge >= 0.3 is 0 Å². The molecule has 0 saturated carbocycles. The third-order valence-corrected chi connectivity index (χ3v) is 2.01. The van der Waals surface area contributed by atoms with E-state index in [9.17, 15) is 0 Å². The van der Waals surface area contributed by atoms with Crippen LogP contribution in [0, 0.1) is 0 Å². The predicted octanol–water partition coefficient (Wildman–Crippen LogP) is -0.256. The summed E-state index contributed by atoms with van der Waals surface area (Å²) in [5.74, 6) is 5.40. The summed E-state index contributed by atoms with van der Waals surface area (Å²) in [5, 5.41) is 3.41. The minimum absolute atomic E-state index is 0.346. The first-order chi connectivity index (χ1) is 6.74. The number of hydrogen-bond donors (Lipinski definition) is 2. The molecule has 0 aliphatic heterocycles. The summed E-state index contributed by atoms with van der Waals surface area (Å²) in [6.07, 6.45) is 4.45. The Hall–Kier alpha value is -1.78. The van der Waals surface area contributed by atoms with Crippen molar-refractivity contribution in [2.45, 2.75) is 6.42 Å². The van der Waals surface area contributed by atoms with E-state index in [0.29, 0.717) is 5.96 Å². The van der Waals surface area contributed by atoms with Crippen LogP contribution in [0.25, 0.3) is 0 Å². The van der Waals surface area contributed by atoms with Crippen LogP contribution < -0.4 is 11.6 Å². The van der Waals surface area contributed by atoms with E-state index in [-0.39, 0.29) is 0 Å². The lowest BCUT2D eigenvalue weighted by molar-refractivity contribution is 0.500. The lowest BCUT2D eigenvalue weighted by atomic mass is 10.2. The molecular formula is C9H15N5. The maximum absolute atomic E-state index is 5.52. The number of guanidine groups is 1. The average molecular weight is 193 g/mol. The number of nitrogens with zero attached hydrogens (tertiary/aromatic N) is 3. The summed E-state index contributed by atoms with van der Waals surface area (Å²) < 4.78 is 0. The Morgan fingerprint density at radius 1 is 1.50 bits per heavy atom. The molecule has 1 aromatic heterocycles. The Kier molecular flexibility index (Phi) is 3.72. The average Bonchev–Trinajstić information content (AvgIpc) is 2.26. The van der Waals surface area contributed by atoms with Gasteiger partial charge in [-0.2, -0.15) is 0 Å². The highest BCUT2D eigenvalue weighted by Crippen LogP contribution is 1.98. The number of likely N-dealkylation sites (N-methyl/N-ethyl adjacent to an activating group) is 1. The van der Waals surface area contributed by atoms with Crippen molar-refractivity contribution < 1.29 is 0 Å². The number of nitrogens with two attached hydrogens (primary N) is 2. The number of aromatic nitrogens is 1. The van der Waals surface area contributed by atoms with Crippen molar-refractivity contribution in [3.8, 4) is 0 Å². The molecule has 0 aromatic carbocycles. The lowest BCUT2D eigenvalue weighted by Crippen LogP contribution is -2.36. The normalized spacial score (nSPS) is 11.4. The van der Waals surface area contributed by atoms with E-state index in [4.69, 9.17) is 11.6 Å². The van der Waals surface area contributed by atoms with E-state index in [1.807, 2.05) is 19.2 Å². The second-order valence-electron chi connectivity index (χ2n) is 3.01. The van der Waals surface area contributed by atoms with Crippen molar-refractivity contribution in [3.63, 3.8) is 0 Å². The highest BCUT2D eigenvalue weighted by atomic mass is 15.3. The smallest absolute Gasteiger partial charge is 0.213 e. The molecule has 1 aromatic rings. The number of hydrogen-bond acceptors (Lipinski definition) is 3. The Morgan fingerprint density at radius 3 is 2.71 bits per heavy atom. The summed E-state index contributed by atoms with van der Waals surface area (Å²) in [4.78, 5) is 5.75. The van der Waals surface area contributed by atoms with Crippen LogP contribution in [0.2, 0.25) is 0 Å². The molecule has 0 radical (unpaired) electrons. The fraction of sp³-hybridized carbons (Fsp3) is 0.333. The SMILES string of the molecule is CN(CCc1ccncc1)C(N)=NN. The van der Waals surface area contributed by atoms with Gasteiger partial charge in [-0.05, 0) is 24.1 Å². The molecule has 5 heteroatoms. The highest BCUT2D eigenvalue weighted by molar-refractivity contribution is 5.77. The van der Waals surface area contributed by atoms with Gasteiger partial charge in [0, 0.05) is 26.0 Å². The van der Waals surface area contributed by atoms with E-state index in [1.54, 1.807) is 17.3 Å². The molecule has 5 nitrogen and oxygen atoms in total. The van der Waals surface area contributed by atoms with E-state index in [0.717, 1.165) is 13.0 Å². The molecule has 0 aliphatic rings. The van der Waals surface area contributed by atoms with E-state index >= 15 is 0 Å². The van der Waals surface area contributed by atoms with Crippen LogP contribution in [-0.4, -0.2) is 29.4 Å². The molecule has 0 saturated heterocycles. The molecular weight excluding hydrogens is 178 g/mol. The van der Waals surface area contributed by atoms with Crippen LogP contribution in [-0.2, 0) is 6.42 Å². The summed E-state index contributed by atoms with van der Waals surface area (Å²) in [6, 6.07) is 3.95. The third-order valence-electron chi connectivity index (χ3n) is 2.01. The first-order valence-electron chi connectivity index (χ1n) is 4.37. The third kappa shape index (κ3) is 2.93. The van der Waals surface area contributed by atoms with Crippen molar-refractivity contribution in [2.75, 3.05) is 13.6 Å². The van der Waals surface area contributed by atoms with Crippen molar-refractivity contribution in [2.24, 2.45) is 16.7 Å². The summed E-state index contributed by atoms with van der Waals surface area (Å²) in [5.41, 5.74) is 6.74. The summed E-state index contributed by atoms with van der Waals surface area (Å²) in [6.45, 7) is 0.788. The maximum atomic E-state index is 5.52. The van der Waals surface area contributed by atoms with Crippen molar-refractivity contribution in [1.29, 1.82) is 0 Å². The molecule has 4 N–H and O–H groups in total. The van der Waals surface area contributed by atoms with Gasteiger partial charge in [0.2, 0.25) is 5.96 Å². The number of pyridine rings is 1. The maximum Gasteiger partial charge on any atom is 0.213 e. The molecule has 0 unspecified atom stereocenters. The summed E-state index contributed by atoms with van der Waals surface area (Å²) in [7, 11) is 1.85. The van der Waals surface area contributed by atoms with Crippen LogP contribution in [0.1, 0.15) is 5.56 Å². The monoisotopic (exact) mass is 193 g/mol. The molecule has 14 heavy (non-hydrogen) atoms. The second kappa shape index (κ2) is 5.06. The minimum Gasteiger partial charge on any atom is -0.368 e. The van der Waals surface area contributed by atoms with Gasteiger partial charge in [-0.25, -0.2) is 0 Å².